The molecule has 110 valence electrons. The normalized spacial score (nSPS) is 12.4. The van der Waals surface area contributed by atoms with Gasteiger partial charge in [0.25, 0.3) is 0 Å². The predicted octanol–water partition coefficient (Wildman–Crippen LogP) is -0.964. The Kier molecular flexibility index (Phi) is 6.84. The molecule has 8 heteroatoms. The molecule has 3 amide bonds. The van der Waals surface area contributed by atoms with E-state index in [1.54, 1.807) is 0 Å². The van der Waals surface area contributed by atoms with Crippen molar-refractivity contribution < 1.29 is 24.6 Å². The fourth-order valence-electron chi connectivity index (χ4n) is 1.11. The Morgan fingerprint density at radius 1 is 1.16 bits per heavy atom. The summed E-state index contributed by atoms with van der Waals surface area (Å²) in [6, 6.07) is -0.635. The first-order chi connectivity index (χ1) is 8.61. The number of nitrogens with one attached hydrogen (secondary N) is 3. The van der Waals surface area contributed by atoms with E-state index in [4.69, 9.17) is 10.2 Å². The molecule has 5 N–H and O–H groups in total. The van der Waals surface area contributed by atoms with E-state index in [0.29, 0.717) is 0 Å². The maximum Gasteiger partial charge on any atom is 0.334 e. The van der Waals surface area contributed by atoms with Crippen LogP contribution in [0.3, 0.4) is 0 Å². The monoisotopic (exact) mass is 275 g/mol. The third kappa shape index (κ3) is 9.83. The van der Waals surface area contributed by atoms with Gasteiger partial charge in [-0.2, -0.15) is 0 Å². The fraction of sp³-hybridized carbons (Fsp3) is 0.727. The zero-order valence-corrected chi connectivity index (χ0v) is 11.3. The van der Waals surface area contributed by atoms with Crippen molar-refractivity contribution in [2.24, 2.45) is 0 Å². The number of carboxylic acid groups (broad SMARTS) is 1. The molecule has 0 aliphatic heterocycles. The van der Waals surface area contributed by atoms with Gasteiger partial charge in [0.2, 0.25) is 5.91 Å². The van der Waals surface area contributed by atoms with Gasteiger partial charge in [-0.3, -0.25) is 4.79 Å². The first-order valence-electron chi connectivity index (χ1n) is 5.85. The molecular formula is C11H21N3O5. The molecule has 19 heavy (non-hydrogen) atoms. The topological polar surface area (TPSA) is 128 Å². The number of aliphatic carboxylic acids is 1. The zero-order chi connectivity index (χ0) is 15.1. The van der Waals surface area contributed by atoms with Gasteiger partial charge in [0.15, 0.2) is 6.10 Å². The summed E-state index contributed by atoms with van der Waals surface area (Å²) < 4.78 is 0. The molecule has 0 aromatic rings. The highest BCUT2D eigenvalue weighted by Gasteiger charge is 2.15. The Morgan fingerprint density at radius 3 is 2.21 bits per heavy atom. The third-order valence-corrected chi connectivity index (χ3v) is 1.89. The number of amides is 3. The molecule has 0 saturated heterocycles. The summed E-state index contributed by atoms with van der Waals surface area (Å²) in [7, 11) is 0. The lowest BCUT2D eigenvalue weighted by atomic mass is 10.1. The van der Waals surface area contributed by atoms with Crippen molar-refractivity contribution in [1.29, 1.82) is 0 Å². The SMILES string of the molecule is CC(C)(C)NC(=O)CCNC(=O)NC[C@H](O)C(=O)O. The lowest BCUT2D eigenvalue weighted by Crippen LogP contribution is -2.44. The Bertz CT molecular complexity index is 338. The van der Waals surface area contributed by atoms with Gasteiger partial charge in [-0.15, -0.1) is 0 Å². The number of carbonyl (C=O) groups excluding carboxylic acids is 2. The summed E-state index contributed by atoms with van der Waals surface area (Å²) in [5.74, 6) is -1.61. The highest BCUT2D eigenvalue weighted by Crippen LogP contribution is 1.98. The van der Waals surface area contributed by atoms with E-state index in [9.17, 15) is 14.4 Å². The molecule has 0 radical (unpaired) electrons. The minimum Gasteiger partial charge on any atom is -0.479 e. The molecule has 0 heterocycles. The molecule has 0 spiro atoms. The van der Waals surface area contributed by atoms with Crippen LogP contribution in [0, 0.1) is 0 Å². The highest BCUT2D eigenvalue weighted by atomic mass is 16.4. The summed E-state index contributed by atoms with van der Waals surface area (Å²) in [5.41, 5.74) is -0.328. The fourth-order valence-corrected chi connectivity index (χ4v) is 1.11. The van der Waals surface area contributed by atoms with Crippen molar-refractivity contribution in [3.63, 3.8) is 0 Å². The maximum absolute atomic E-state index is 11.4. The predicted molar refractivity (Wildman–Crippen MR) is 67.6 cm³/mol. The lowest BCUT2D eigenvalue weighted by molar-refractivity contribution is -0.146. The molecule has 0 aromatic heterocycles. The number of hydrogen-bond acceptors (Lipinski definition) is 4. The second-order valence-electron chi connectivity index (χ2n) is 5.04. The quantitative estimate of drug-likeness (QED) is 0.426. The van der Waals surface area contributed by atoms with Crippen molar-refractivity contribution in [3.8, 4) is 0 Å². The number of urea groups is 1. The number of hydrogen-bond donors (Lipinski definition) is 5. The van der Waals surface area contributed by atoms with E-state index in [1.807, 2.05) is 20.8 Å². The van der Waals surface area contributed by atoms with Gasteiger partial charge in [0, 0.05) is 18.5 Å². The Balaban J connectivity index is 3.75. The number of aliphatic hydroxyl groups is 1. The van der Waals surface area contributed by atoms with Crippen LogP contribution in [0.25, 0.3) is 0 Å². The van der Waals surface area contributed by atoms with E-state index in [2.05, 4.69) is 16.0 Å². The Hall–Kier alpha value is -1.83. The molecule has 8 nitrogen and oxygen atoms in total. The van der Waals surface area contributed by atoms with Gasteiger partial charge >= 0.3 is 12.0 Å². The molecule has 0 unspecified atom stereocenters. The molecule has 1 atom stereocenters. The third-order valence-electron chi connectivity index (χ3n) is 1.89. The Morgan fingerprint density at radius 2 is 1.74 bits per heavy atom. The second kappa shape index (κ2) is 7.57. The van der Waals surface area contributed by atoms with E-state index in [-0.39, 0.29) is 24.4 Å². The first-order valence-corrected chi connectivity index (χ1v) is 5.85. The van der Waals surface area contributed by atoms with Gasteiger partial charge < -0.3 is 26.2 Å². The van der Waals surface area contributed by atoms with E-state index >= 15 is 0 Å². The van der Waals surface area contributed by atoms with Crippen LogP contribution in [0.5, 0.6) is 0 Å². The summed E-state index contributed by atoms with van der Waals surface area (Å²) >= 11 is 0. The molecule has 0 aliphatic carbocycles. The summed E-state index contributed by atoms with van der Waals surface area (Å²) in [6.07, 6.45) is -1.53. The minimum atomic E-state index is -1.64. The largest absolute Gasteiger partial charge is 0.479 e. The molecule has 0 saturated carbocycles. The van der Waals surface area contributed by atoms with Crippen molar-refractivity contribution in [3.05, 3.63) is 0 Å². The van der Waals surface area contributed by atoms with Crippen LogP contribution >= 0.6 is 0 Å². The average Bonchev–Trinajstić information content (AvgIpc) is 2.23. The summed E-state index contributed by atoms with van der Waals surface area (Å²) in [6.45, 7) is 5.27. The van der Waals surface area contributed by atoms with Gasteiger partial charge in [0.05, 0.1) is 6.54 Å². The van der Waals surface area contributed by atoms with Gasteiger partial charge in [-0.1, -0.05) is 0 Å². The van der Waals surface area contributed by atoms with Crippen LogP contribution in [-0.4, -0.2) is 52.9 Å². The number of carbonyl (C=O) groups is 3. The van der Waals surface area contributed by atoms with Gasteiger partial charge in [-0.05, 0) is 20.8 Å². The van der Waals surface area contributed by atoms with E-state index < -0.39 is 24.6 Å². The number of rotatable bonds is 6. The van der Waals surface area contributed by atoms with Gasteiger partial charge in [0.1, 0.15) is 0 Å². The number of carboxylic acids is 1. The van der Waals surface area contributed by atoms with Crippen LogP contribution in [0.4, 0.5) is 4.79 Å². The Labute approximate surface area is 111 Å². The number of aliphatic hydroxyl groups excluding tert-OH is 1. The zero-order valence-electron chi connectivity index (χ0n) is 11.3. The first kappa shape index (κ1) is 17.2. The van der Waals surface area contributed by atoms with Crippen molar-refractivity contribution in [2.45, 2.75) is 38.8 Å². The van der Waals surface area contributed by atoms with Crippen LogP contribution in [0.2, 0.25) is 0 Å². The van der Waals surface area contributed by atoms with Crippen LogP contribution < -0.4 is 16.0 Å². The van der Waals surface area contributed by atoms with Crippen LogP contribution in [-0.2, 0) is 9.59 Å². The van der Waals surface area contributed by atoms with Crippen LogP contribution in [0.15, 0.2) is 0 Å². The molecule has 0 aliphatic rings. The second-order valence-corrected chi connectivity index (χ2v) is 5.04. The van der Waals surface area contributed by atoms with E-state index in [0.717, 1.165) is 0 Å². The molecular weight excluding hydrogens is 254 g/mol. The molecule has 0 aromatic carbocycles. The minimum absolute atomic E-state index is 0.117. The van der Waals surface area contributed by atoms with Crippen LogP contribution in [0.1, 0.15) is 27.2 Å². The smallest absolute Gasteiger partial charge is 0.334 e. The summed E-state index contributed by atoms with van der Waals surface area (Å²) in [4.78, 5) is 32.8. The van der Waals surface area contributed by atoms with Crippen molar-refractivity contribution in [2.75, 3.05) is 13.1 Å². The highest BCUT2D eigenvalue weighted by molar-refractivity contribution is 5.79. The standard InChI is InChI=1S/C11H21N3O5/c1-11(2,3)14-8(16)4-5-12-10(19)13-6-7(15)9(17)18/h7,15H,4-6H2,1-3H3,(H,14,16)(H,17,18)(H2,12,13,19)/t7-/m0/s1. The lowest BCUT2D eigenvalue weighted by Gasteiger charge is -2.20. The van der Waals surface area contributed by atoms with Gasteiger partial charge in [-0.25, -0.2) is 9.59 Å². The van der Waals surface area contributed by atoms with Crippen molar-refractivity contribution in [1.82, 2.24) is 16.0 Å². The maximum atomic E-state index is 11.4. The molecule has 0 bridgehead atoms. The molecule has 0 rings (SSSR count). The summed E-state index contributed by atoms with van der Waals surface area (Å²) in [5, 5.41) is 24.6. The average molecular weight is 275 g/mol. The molecule has 0 fully saturated rings. The van der Waals surface area contributed by atoms with Crippen molar-refractivity contribution >= 4 is 17.9 Å². The van der Waals surface area contributed by atoms with E-state index in [1.165, 1.54) is 0 Å².